The maximum Gasteiger partial charge on any atom is 0.255 e. The Bertz CT molecular complexity index is 2210. The molecule has 2 aromatic carbocycles. The van der Waals surface area contributed by atoms with Crippen molar-refractivity contribution in [2.24, 2.45) is 4.99 Å². The lowest BCUT2D eigenvalue weighted by Gasteiger charge is -2.29. The van der Waals surface area contributed by atoms with Crippen LogP contribution in [0.25, 0.3) is 5.00 Å². The van der Waals surface area contributed by atoms with Crippen LogP contribution in [0.15, 0.2) is 47.5 Å². The molecule has 12 nitrogen and oxygen atoms in total. The van der Waals surface area contributed by atoms with Crippen LogP contribution in [0.4, 0.5) is 5.69 Å². The van der Waals surface area contributed by atoms with Gasteiger partial charge in [0.1, 0.15) is 28.7 Å². The molecule has 0 spiro atoms. The van der Waals surface area contributed by atoms with Gasteiger partial charge in [-0.05, 0) is 69.9 Å². The molecule has 2 aromatic heterocycles. The van der Waals surface area contributed by atoms with E-state index in [1.54, 1.807) is 29.5 Å². The third-order valence-electron chi connectivity index (χ3n) is 10.7. The van der Waals surface area contributed by atoms with E-state index in [1.807, 2.05) is 31.2 Å². The van der Waals surface area contributed by atoms with Crippen LogP contribution in [-0.4, -0.2) is 60.8 Å². The van der Waals surface area contributed by atoms with Gasteiger partial charge < -0.3 is 10.2 Å². The van der Waals surface area contributed by atoms with Crippen molar-refractivity contribution in [3.8, 4) is 5.00 Å². The summed E-state index contributed by atoms with van der Waals surface area (Å²) in [6.45, 7) is 6.35. The minimum absolute atomic E-state index is 0.127. The number of halogens is 1. The summed E-state index contributed by atoms with van der Waals surface area (Å²) < 4.78 is 2.07. The number of nitrogens with zero attached hydrogens (tertiary/aromatic N) is 5. The van der Waals surface area contributed by atoms with Gasteiger partial charge in [0.15, 0.2) is 5.82 Å². The van der Waals surface area contributed by atoms with Crippen LogP contribution in [0.5, 0.6) is 0 Å². The fourth-order valence-electron chi connectivity index (χ4n) is 7.68. The Labute approximate surface area is 328 Å². The first-order valence-corrected chi connectivity index (χ1v) is 20.1. The van der Waals surface area contributed by atoms with E-state index in [0.717, 1.165) is 71.8 Å². The Kier molecular flexibility index (Phi) is 11.4. The average Bonchev–Trinajstić information content (AvgIpc) is 3.77. The van der Waals surface area contributed by atoms with Gasteiger partial charge in [0.2, 0.25) is 17.7 Å². The molecule has 0 aliphatic carbocycles. The number of hydrogen-bond acceptors (Lipinski definition) is 9. The normalized spacial score (nSPS) is 17.6. The van der Waals surface area contributed by atoms with Crippen molar-refractivity contribution in [3.63, 3.8) is 0 Å². The number of piperidine rings is 1. The van der Waals surface area contributed by atoms with E-state index in [4.69, 9.17) is 16.6 Å². The second kappa shape index (κ2) is 16.4. The summed E-state index contributed by atoms with van der Waals surface area (Å²) >= 11 is 7.92. The largest absolute Gasteiger partial charge is 0.326 e. The third-order valence-corrected chi connectivity index (χ3v) is 12.2. The molecule has 286 valence electrons. The number of ketones is 1. The molecular weight excluding hydrogens is 738 g/mol. The van der Waals surface area contributed by atoms with Gasteiger partial charge in [-0.3, -0.25) is 38.8 Å². The summed E-state index contributed by atoms with van der Waals surface area (Å²) in [7, 11) is 0. The van der Waals surface area contributed by atoms with Gasteiger partial charge in [-0.15, -0.1) is 21.5 Å². The maximum atomic E-state index is 13.4. The molecule has 3 aliphatic heterocycles. The van der Waals surface area contributed by atoms with Crippen molar-refractivity contribution in [1.29, 1.82) is 0 Å². The van der Waals surface area contributed by atoms with Crippen LogP contribution in [0.3, 0.4) is 0 Å². The molecule has 14 heteroatoms. The van der Waals surface area contributed by atoms with Crippen molar-refractivity contribution in [1.82, 2.24) is 25.0 Å². The Morgan fingerprint density at radius 3 is 2.42 bits per heavy atom. The number of carbonyl (C=O) groups excluding carboxylic acids is 5. The predicted octanol–water partition coefficient (Wildman–Crippen LogP) is 7.28. The topological polar surface area (TPSA) is 156 Å². The van der Waals surface area contributed by atoms with E-state index in [2.05, 4.69) is 39.2 Å². The van der Waals surface area contributed by atoms with Crippen LogP contribution in [-0.2, 0) is 25.7 Å². The van der Waals surface area contributed by atoms with E-state index >= 15 is 0 Å². The number of rotatable bonds is 14. The molecule has 2 atom stereocenters. The zero-order valence-corrected chi connectivity index (χ0v) is 32.8. The molecule has 3 aliphatic rings. The van der Waals surface area contributed by atoms with Crippen LogP contribution >= 0.6 is 22.9 Å². The number of aryl methyl sites for hydroxylation is 2. The Hall–Kier alpha value is -5.01. The fourth-order valence-corrected chi connectivity index (χ4v) is 9.02. The lowest BCUT2D eigenvalue weighted by Crippen LogP contribution is -2.52. The minimum atomic E-state index is -0.708. The highest BCUT2D eigenvalue weighted by Crippen LogP contribution is 2.40. The van der Waals surface area contributed by atoms with E-state index in [0.29, 0.717) is 40.5 Å². The smallest absolute Gasteiger partial charge is 0.255 e. The van der Waals surface area contributed by atoms with Crippen LogP contribution in [0.1, 0.15) is 126 Å². The third kappa shape index (κ3) is 8.04. The molecule has 4 amide bonds. The molecule has 55 heavy (non-hydrogen) atoms. The number of fused-ring (bicyclic) bond motifs is 4. The maximum absolute atomic E-state index is 13.4. The number of carbonyl (C=O) groups is 5. The van der Waals surface area contributed by atoms with Crippen molar-refractivity contribution >= 4 is 63.7 Å². The number of thiophene rings is 1. The van der Waals surface area contributed by atoms with Crippen LogP contribution in [0, 0.1) is 20.8 Å². The van der Waals surface area contributed by atoms with Gasteiger partial charge >= 0.3 is 0 Å². The van der Waals surface area contributed by atoms with Crippen LogP contribution in [0.2, 0.25) is 5.02 Å². The Morgan fingerprint density at radius 2 is 1.67 bits per heavy atom. The van der Waals surface area contributed by atoms with Crippen molar-refractivity contribution in [2.75, 3.05) is 5.32 Å². The fraction of sp³-hybridized carbons (Fsp3) is 0.415. The lowest BCUT2D eigenvalue weighted by atomic mass is 9.99. The summed E-state index contributed by atoms with van der Waals surface area (Å²) in [4.78, 5) is 71.2. The van der Waals surface area contributed by atoms with E-state index in [9.17, 15) is 24.0 Å². The second-order valence-electron chi connectivity index (χ2n) is 14.5. The lowest BCUT2D eigenvalue weighted by molar-refractivity contribution is -0.137. The summed E-state index contributed by atoms with van der Waals surface area (Å²) in [6, 6.07) is 11.7. The quantitative estimate of drug-likeness (QED) is 0.101. The van der Waals surface area contributed by atoms with Gasteiger partial charge in [0, 0.05) is 70.1 Å². The van der Waals surface area contributed by atoms with E-state index in [-0.39, 0.29) is 49.3 Å². The molecule has 0 bridgehead atoms. The molecule has 2 N–H and O–H groups in total. The molecule has 4 aromatic rings. The number of aliphatic imine (C=N–C) groups is 1. The number of hydrogen-bond donors (Lipinski definition) is 2. The number of nitrogens with one attached hydrogen (secondary N) is 2. The molecule has 1 saturated heterocycles. The number of amides is 4. The summed E-state index contributed by atoms with van der Waals surface area (Å²) in [5.41, 5.74) is 5.69. The molecule has 0 saturated carbocycles. The standard InChI is InChI=1S/C41H44ClN7O5S/c1-23-24(2)55-41-36(23)37(26-15-17-27(42)18-16-26)44-32(38-47-46-25(3)49(38)41)21-28(50)11-8-6-4-5-7-9-14-34(51)43-31-13-10-12-29-30(31)22-48(40(29)54)33-19-20-35(52)45-39(33)53/h10,12-13,15-18,32-33H,4-9,11,14,19-22H2,1-3H3,(H,43,51)(H,45,52,53)/t32-,33?/m0/s1. The summed E-state index contributed by atoms with van der Waals surface area (Å²) in [6.07, 6.45) is 6.75. The van der Waals surface area contributed by atoms with Gasteiger partial charge in [-0.2, -0.15) is 0 Å². The van der Waals surface area contributed by atoms with Crippen molar-refractivity contribution in [3.05, 3.63) is 91.8 Å². The van der Waals surface area contributed by atoms with Crippen molar-refractivity contribution < 1.29 is 24.0 Å². The molecule has 0 radical (unpaired) electrons. The average molecular weight is 782 g/mol. The Morgan fingerprint density at radius 1 is 0.945 bits per heavy atom. The zero-order valence-electron chi connectivity index (χ0n) is 31.2. The number of anilines is 1. The summed E-state index contributed by atoms with van der Waals surface area (Å²) in [5, 5.41) is 15.9. The second-order valence-corrected chi connectivity index (χ2v) is 16.2. The molecule has 1 unspecified atom stereocenters. The number of Topliss-reactive ketones (excluding diaryl/α,β-unsaturated/α-hetero) is 1. The number of benzene rings is 2. The zero-order chi connectivity index (χ0) is 38.8. The molecule has 1 fully saturated rings. The monoisotopic (exact) mass is 781 g/mol. The highest BCUT2D eigenvalue weighted by Gasteiger charge is 2.40. The van der Waals surface area contributed by atoms with Crippen molar-refractivity contribution in [2.45, 2.75) is 110 Å². The highest BCUT2D eigenvalue weighted by atomic mass is 35.5. The number of imide groups is 1. The Balaban J connectivity index is 0.869. The number of unbranched alkanes of at least 4 members (excludes halogenated alkanes) is 5. The van der Waals surface area contributed by atoms with Gasteiger partial charge in [-0.1, -0.05) is 55.5 Å². The van der Waals surface area contributed by atoms with Gasteiger partial charge in [-0.25, -0.2) is 0 Å². The SMILES string of the molecule is Cc1sc2c(c1C)C(c1ccc(Cl)cc1)=N[C@@H](CC(=O)CCCCCCCCC(=O)Nc1cccc3c1CN(C1CCC(=O)NC1=O)C3=O)c1nnc(C)n1-2. The van der Waals surface area contributed by atoms with E-state index in [1.165, 1.54) is 9.78 Å². The predicted molar refractivity (Wildman–Crippen MR) is 211 cm³/mol. The number of aromatic nitrogens is 3. The highest BCUT2D eigenvalue weighted by molar-refractivity contribution is 7.15. The first-order valence-electron chi connectivity index (χ1n) is 18.9. The van der Waals surface area contributed by atoms with E-state index < -0.39 is 18.0 Å². The van der Waals surface area contributed by atoms with Gasteiger partial charge in [0.25, 0.3) is 5.91 Å². The molecule has 5 heterocycles. The summed E-state index contributed by atoms with van der Waals surface area (Å²) in [5.74, 6) is 0.385. The molecular formula is C41H44ClN7O5S. The minimum Gasteiger partial charge on any atom is -0.326 e. The molecule has 7 rings (SSSR count). The van der Waals surface area contributed by atoms with Gasteiger partial charge in [0.05, 0.1) is 5.71 Å². The first-order chi connectivity index (χ1) is 26.5. The van der Waals surface area contributed by atoms with Crippen LogP contribution < -0.4 is 10.6 Å². The first kappa shape index (κ1) is 38.3.